The number of imidazole rings is 1. The normalized spacial score (nSPS) is 17.9. The van der Waals surface area contributed by atoms with Crippen LogP contribution in [0.3, 0.4) is 0 Å². The zero-order valence-electron chi connectivity index (χ0n) is 15.3. The van der Waals surface area contributed by atoms with Gasteiger partial charge in [0.1, 0.15) is 0 Å². The highest BCUT2D eigenvalue weighted by Crippen LogP contribution is 2.33. The maximum atomic E-state index is 11.2. The fourth-order valence-corrected chi connectivity index (χ4v) is 4.31. The molecule has 0 saturated carbocycles. The number of aromatic nitrogens is 4. The molecule has 9 nitrogen and oxygen atoms in total. The van der Waals surface area contributed by atoms with Gasteiger partial charge < -0.3 is 14.7 Å². The van der Waals surface area contributed by atoms with Gasteiger partial charge in [-0.25, -0.2) is 10.2 Å². The molecule has 1 aliphatic heterocycles. The van der Waals surface area contributed by atoms with E-state index in [0.29, 0.717) is 30.2 Å². The van der Waals surface area contributed by atoms with Gasteiger partial charge in [0.15, 0.2) is 5.69 Å². The van der Waals surface area contributed by atoms with E-state index in [9.17, 15) is 10.4 Å². The molecule has 0 aliphatic carbocycles. The average Bonchev–Trinajstić information content (AvgIpc) is 3.49. The number of hydrogen-bond donors (Lipinski definition) is 3. The van der Waals surface area contributed by atoms with Crippen molar-refractivity contribution in [3.8, 4) is 11.4 Å². The zero-order valence-corrected chi connectivity index (χ0v) is 16.1. The van der Waals surface area contributed by atoms with E-state index < -0.39 is 5.23 Å². The summed E-state index contributed by atoms with van der Waals surface area (Å²) < 4.78 is 5.62. The Morgan fingerprint density at radius 1 is 1.34 bits per heavy atom. The van der Waals surface area contributed by atoms with Crippen molar-refractivity contribution in [1.29, 1.82) is 0 Å². The molecule has 29 heavy (non-hydrogen) atoms. The van der Waals surface area contributed by atoms with Gasteiger partial charge in [0.2, 0.25) is 11.7 Å². The second-order valence-corrected chi connectivity index (χ2v) is 7.91. The van der Waals surface area contributed by atoms with Crippen molar-refractivity contribution in [2.75, 3.05) is 0 Å². The van der Waals surface area contributed by atoms with Crippen LogP contribution in [0.1, 0.15) is 28.2 Å². The Morgan fingerprint density at radius 3 is 3.10 bits per heavy atom. The minimum atomic E-state index is -0.990. The summed E-state index contributed by atoms with van der Waals surface area (Å²) in [7, 11) is 0. The van der Waals surface area contributed by atoms with Gasteiger partial charge in [-0.1, -0.05) is 23.4 Å². The van der Waals surface area contributed by atoms with Gasteiger partial charge >= 0.3 is 0 Å². The summed E-state index contributed by atoms with van der Waals surface area (Å²) in [6.07, 6.45) is 2.38. The van der Waals surface area contributed by atoms with Gasteiger partial charge in [-0.05, 0) is 11.4 Å². The zero-order chi connectivity index (χ0) is 19.8. The molecular weight excluding hydrogens is 392 g/mol. The lowest BCUT2D eigenvalue weighted by Crippen LogP contribution is -2.99. The van der Waals surface area contributed by atoms with Crippen molar-refractivity contribution in [2.24, 2.45) is 0 Å². The monoisotopic (exact) mass is 410 g/mol. The van der Waals surface area contributed by atoms with Crippen molar-refractivity contribution < 1.29 is 15.0 Å². The Bertz CT molecular complexity index is 1110. The molecule has 4 aromatic rings. The van der Waals surface area contributed by atoms with Gasteiger partial charge in [-0.15, -0.1) is 11.3 Å². The molecule has 10 heteroatoms. The molecule has 0 bridgehead atoms. The maximum Gasteiger partial charge on any atom is 0.244 e. The molecule has 2 unspecified atom stereocenters. The van der Waals surface area contributed by atoms with Gasteiger partial charge in [-0.3, -0.25) is 4.90 Å². The topological polar surface area (TPSA) is 119 Å². The average molecular weight is 410 g/mol. The van der Waals surface area contributed by atoms with Crippen LogP contribution in [-0.4, -0.2) is 30.2 Å². The largest absolute Gasteiger partial charge is 0.595 e. The quantitative estimate of drug-likeness (QED) is 0.432. The third-order valence-corrected chi connectivity index (χ3v) is 5.89. The van der Waals surface area contributed by atoms with E-state index >= 15 is 0 Å². The van der Waals surface area contributed by atoms with Crippen molar-refractivity contribution in [1.82, 2.24) is 25.0 Å². The van der Waals surface area contributed by atoms with E-state index in [2.05, 4.69) is 36.5 Å². The Morgan fingerprint density at radius 2 is 2.28 bits per heavy atom. The molecule has 1 aromatic carbocycles. The van der Waals surface area contributed by atoms with Crippen molar-refractivity contribution in [3.63, 3.8) is 0 Å². The fraction of sp³-hybridized carbons (Fsp3) is 0.211. The first kappa shape index (κ1) is 18.2. The Kier molecular flexibility index (Phi) is 4.70. The molecule has 5 rings (SSSR count). The third kappa shape index (κ3) is 3.59. The maximum absolute atomic E-state index is 11.2. The number of aromatic amines is 1. The SMILES string of the molecule is [O-][NH+](O)c1cccc(-c2noc(C3Cc4nc[nH]c4CN3Cc3cccs3)n2)c1. The van der Waals surface area contributed by atoms with Gasteiger partial charge in [0, 0.05) is 42.1 Å². The third-order valence-electron chi connectivity index (χ3n) is 5.03. The lowest BCUT2D eigenvalue weighted by Gasteiger charge is -2.32. The minimum Gasteiger partial charge on any atom is -0.595 e. The molecular formula is C19H18N6O3S. The number of fused-ring (bicyclic) bond motifs is 1. The second-order valence-electron chi connectivity index (χ2n) is 6.87. The number of H-pyrrole nitrogens is 1. The first-order chi connectivity index (χ1) is 14.2. The summed E-state index contributed by atoms with van der Waals surface area (Å²) in [5, 5.41) is 25.6. The van der Waals surface area contributed by atoms with Crippen LogP contribution < -0.4 is 5.23 Å². The lowest BCUT2D eigenvalue weighted by molar-refractivity contribution is -0.991. The van der Waals surface area contributed by atoms with Crippen LogP contribution in [0.15, 0.2) is 52.6 Å². The van der Waals surface area contributed by atoms with Crippen LogP contribution in [0.5, 0.6) is 0 Å². The molecule has 4 heterocycles. The van der Waals surface area contributed by atoms with Crippen LogP contribution in [0, 0.1) is 5.21 Å². The van der Waals surface area contributed by atoms with Crippen LogP contribution in [0.4, 0.5) is 5.69 Å². The molecule has 0 amide bonds. The molecule has 3 aromatic heterocycles. The number of nitrogens with zero attached hydrogens (tertiary/aromatic N) is 4. The van der Waals surface area contributed by atoms with E-state index in [1.165, 1.54) is 10.9 Å². The summed E-state index contributed by atoms with van der Waals surface area (Å²) in [6.45, 7) is 1.48. The second kappa shape index (κ2) is 7.50. The molecule has 3 N–H and O–H groups in total. The van der Waals surface area contributed by atoms with Crippen molar-refractivity contribution in [2.45, 2.75) is 25.6 Å². The molecule has 0 radical (unpaired) electrons. The first-order valence-electron chi connectivity index (χ1n) is 9.12. The molecule has 1 aliphatic rings. The molecule has 2 atom stereocenters. The van der Waals surface area contributed by atoms with Crippen LogP contribution in [0.25, 0.3) is 11.4 Å². The summed E-state index contributed by atoms with van der Waals surface area (Å²) >= 11 is 1.71. The fourth-order valence-electron chi connectivity index (χ4n) is 3.58. The number of quaternary nitrogens is 1. The minimum absolute atomic E-state index is 0.100. The molecule has 0 spiro atoms. The highest BCUT2D eigenvalue weighted by Gasteiger charge is 2.33. The van der Waals surface area contributed by atoms with Crippen molar-refractivity contribution >= 4 is 17.0 Å². The van der Waals surface area contributed by atoms with E-state index in [0.717, 1.165) is 17.9 Å². The van der Waals surface area contributed by atoms with E-state index in [1.54, 1.807) is 35.9 Å². The highest BCUT2D eigenvalue weighted by molar-refractivity contribution is 7.09. The standard InChI is InChI=1S/C19H18N6O3S/c26-25(27)13-4-1-3-12(7-13)18-22-19(28-23-18)17-8-15-16(21-11-20-15)10-24(17)9-14-5-2-6-29-14/h1-7,11,17,25-26H,8-10H2,(H,20,21). The van der Waals surface area contributed by atoms with Crippen LogP contribution in [-0.2, 0) is 19.5 Å². The number of rotatable bonds is 5. The summed E-state index contributed by atoms with van der Waals surface area (Å²) in [4.78, 5) is 15.8. The predicted molar refractivity (Wildman–Crippen MR) is 104 cm³/mol. The van der Waals surface area contributed by atoms with Crippen LogP contribution in [0.2, 0.25) is 0 Å². The predicted octanol–water partition coefficient (Wildman–Crippen LogP) is 2.22. The number of benzene rings is 1. The van der Waals surface area contributed by atoms with Crippen molar-refractivity contribution in [3.05, 3.63) is 75.5 Å². The number of nitrogens with one attached hydrogen (secondary N) is 2. The van der Waals surface area contributed by atoms with Gasteiger partial charge in [0.25, 0.3) is 0 Å². The van der Waals surface area contributed by atoms with Gasteiger partial charge in [0.05, 0.1) is 23.8 Å². The number of hydrogen-bond acceptors (Lipinski definition) is 8. The molecule has 148 valence electrons. The highest BCUT2D eigenvalue weighted by atomic mass is 32.1. The van der Waals surface area contributed by atoms with E-state index in [-0.39, 0.29) is 11.7 Å². The van der Waals surface area contributed by atoms with Crippen LogP contribution >= 0.6 is 11.3 Å². The van der Waals surface area contributed by atoms with E-state index in [1.807, 2.05) is 6.07 Å². The molecule has 0 saturated heterocycles. The summed E-state index contributed by atoms with van der Waals surface area (Å²) in [6, 6.07) is 10.6. The lowest BCUT2D eigenvalue weighted by atomic mass is 10.0. The van der Waals surface area contributed by atoms with E-state index in [4.69, 9.17) is 4.52 Å². The Balaban J connectivity index is 1.46. The number of thiophene rings is 1. The Labute approximate surface area is 169 Å². The Hall–Kier alpha value is -2.89. The smallest absolute Gasteiger partial charge is 0.244 e. The first-order valence-corrected chi connectivity index (χ1v) is 10.0. The summed E-state index contributed by atoms with van der Waals surface area (Å²) in [5.74, 6) is 0.887. The summed E-state index contributed by atoms with van der Waals surface area (Å²) in [5.41, 5.74) is 2.91. The van der Waals surface area contributed by atoms with Gasteiger partial charge in [-0.2, -0.15) is 10.2 Å². The molecule has 0 fully saturated rings.